The zero-order valence-corrected chi connectivity index (χ0v) is 14.0. The van der Waals surface area contributed by atoms with Gasteiger partial charge in [0.15, 0.2) is 0 Å². The molecule has 0 aliphatic rings. The van der Waals surface area contributed by atoms with Crippen molar-refractivity contribution in [3.05, 3.63) is 18.5 Å². The average molecular weight is 314 g/mol. The van der Waals surface area contributed by atoms with Crippen molar-refractivity contribution >= 4 is 15.7 Å². The van der Waals surface area contributed by atoms with Crippen molar-refractivity contribution in [3.63, 3.8) is 0 Å². The molecular formula is C14H26N4O2S. The molecule has 0 spiro atoms. The molecule has 1 rings (SSSR count). The predicted octanol–water partition coefficient (Wildman–Crippen LogP) is 2.20. The summed E-state index contributed by atoms with van der Waals surface area (Å²) in [6.45, 7) is 8.50. The largest absolute Gasteiger partial charge is 0.323 e. The first-order valence-corrected chi connectivity index (χ1v) is 8.74. The number of hydrazine groups is 1. The molecule has 0 aromatic carbocycles. The number of anilines is 1. The van der Waals surface area contributed by atoms with Crippen LogP contribution in [0.2, 0.25) is 0 Å². The standard InChI is InChI=1S/C14H26N4O2S/c1-5-12(6-2)18(10-11(3)4)21(19,20)14-9-16-8-7-13(14)17-15/h7-9,11-12H,5-6,10,15H2,1-4H3,(H,16,17). The van der Waals surface area contributed by atoms with Gasteiger partial charge < -0.3 is 5.43 Å². The van der Waals surface area contributed by atoms with E-state index in [-0.39, 0.29) is 16.9 Å². The monoisotopic (exact) mass is 314 g/mol. The lowest BCUT2D eigenvalue weighted by Gasteiger charge is -2.31. The maximum atomic E-state index is 13.0. The number of nitrogens with zero attached hydrogens (tertiary/aromatic N) is 2. The molecule has 0 aliphatic heterocycles. The third-order valence-corrected chi connectivity index (χ3v) is 5.37. The quantitative estimate of drug-likeness (QED) is 0.567. The molecule has 1 aromatic heterocycles. The SMILES string of the molecule is CCC(CC)N(CC(C)C)S(=O)(=O)c1cnccc1NN. The second-order valence-corrected chi connectivity index (χ2v) is 7.31. The summed E-state index contributed by atoms with van der Waals surface area (Å²) in [5.74, 6) is 5.67. The van der Waals surface area contributed by atoms with Crippen LogP contribution in [0.3, 0.4) is 0 Å². The minimum absolute atomic E-state index is 0.0248. The summed E-state index contributed by atoms with van der Waals surface area (Å²) in [6, 6.07) is 1.54. The fraction of sp³-hybridized carbons (Fsp3) is 0.643. The molecule has 0 saturated carbocycles. The summed E-state index contributed by atoms with van der Waals surface area (Å²) < 4.78 is 27.6. The number of hydrogen-bond donors (Lipinski definition) is 2. The molecule has 0 amide bonds. The van der Waals surface area contributed by atoms with Gasteiger partial charge in [-0.2, -0.15) is 4.31 Å². The van der Waals surface area contributed by atoms with Crippen LogP contribution in [0.1, 0.15) is 40.5 Å². The Bertz CT molecular complexity index is 542. The Balaban J connectivity index is 3.32. The molecule has 120 valence electrons. The summed E-state index contributed by atoms with van der Waals surface area (Å²) in [7, 11) is -3.63. The molecule has 0 saturated heterocycles. The number of nitrogens with one attached hydrogen (secondary N) is 1. The van der Waals surface area contributed by atoms with Crippen LogP contribution < -0.4 is 11.3 Å². The van der Waals surface area contributed by atoms with Crippen LogP contribution >= 0.6 is 0 Å². The van der Waals surface area contributed by atoms with Crippen LogP contribution in [0.5, 0.6) is 0 Å². The second kappa shape index (κ2) is 7.72. The molecular weight excluding hydrogens is 288 g/mol. The molecule has 3 N–H and O–H groups in total. The van der Waals surface area contributed by atoms with E-state index >= 15 is 0 Å². The lowest BCUT2D eigenvalue weighted by molar-refractivity contribution is 0.277. The van der Waals surface area contributed by atoms with E-state index < -0.39 is 10.0 Å². The smallest absolute Gasteiger partial charge is 0.246 e. The number of aromatic nitrogens is 1. The molecule has 6 nitrogen and oxygen atoms in total. The first-order chi connectivity index (χ1) is 9.88. The first-order valence-electron chi connectivity index (χ1n) is 7.30. The van der Waals surface area contributed by atoms with Gasteiger partial charge in [0, 0.05) is 25.0 Å². The van der Waals surface area contributed by atoms with Gasteiger partial charge in [-0.1, -0.05) is 27.7 Å². The van der Waals surface area contributed by atoms with Gasteiger partial charge in [-0.25, -0.2) is 8.42 Å². The second-order valence-electron chi connectivity index (χ2n) is 5.46. The van der Waals surface area contributed by atoms with E-state index in [4.69, 9.17) is 5.84 Å². The summed E-state index contributed by atoms with van der Waals surface area (Å²) >= 11 is 0. The number of nitrogens with two attached hydrogens (primary N) is 1. The van der Waals surface area contributed by atoms with E-state index in [9.17, 15) is 8.42 Å². The van der Waals surface area contributed by atoms with E-state index in [2.05, 4.69) is 10.4 Å². The Hall–Kier alpha value is -1.18. The van der Waals surface area contributed by atoms with Crippen LogP contribution in [-0.2, 0) is 10.0 Å². The fourth-order valence-electron chi connectivity index (χ4n) is 2.33. The van der Waals surface area contributed by atoms with Crippen molar-refractivity contribution in [1.82, 2.24) is 9.29 Å². The Morgan fingerprint density at radius 3 is 2.43 bits per heavy atom. The van der Waals surface area contributed by atoms with Gasteiger partial charge in [-0.3, -0.25) is 10.8 Å². The van der Waals surface area contributed by atoms with Crippen molar-refractivity contribution < 1.29 is 8.42 Å². The van der Waals surface area contributed by atoms with E-state index in [0.29, 0.717) is 12.2 Å². The van der Waals surface area contributed by atoms with Crippen LogP contribution in [0, 0.1) is 5.92 Å². The predicted molar refractivity (Wildman–Crippen MR) is 85.1 cm³/mol. The molecule has 1 heterocycles. The Labute approximate surface area is 127 Å². The first kappa shape index (κ1) is 17.9. The Morgan fingerprint density at radius 2 is 1.95 bits per heavy atom. The molecule has 0 bridgehead atoms. The number of hydrogen-bond acceptors (Lipinski definition) is 5. The molecule has 0 aliphatic carbocycles. The Kier molecular flexibility index (Phi) is 6.57. The highest BCUT2D eigenvalue weighted by molar-refractivity contribution is 7.89. The van der Waals surface area contributed by atoms with E-state index in [1.165, 1.54) is 12.4 Å². The molecule has 0 fully saturated rings. The molecule has 0 atom stereocenters. The van der Waals surface area contributed by atoms with Crippen molar-refractivity contribution in [2.75, 3.05) is 12.0 Å². The van der Waals surface area contributed by atoms with Crippen molar-refractivity contribution in [1.29, 1.82) is 0 Å². The van der Waals surface area contributed by atoms with Crippen LogP contribution in [0.4, 0.5) is 5.69 Å². The number of rotatable bonds is 8. The van der Waals surface area contributed by atoms with Crippen LogP contribution in [-0.4, -0.2) is 30.3 Å². The normalized spacial score (nSPS) is 12.4. The van der Waals surface area contributed by atoms with Crippen molar-refractivity contribution in [3.8, 4) is 0 Å². The molecule has 0 radical (unpaired) electrons. The number of sulfonamides is 1. The Morgan fingerprint density at radius 1 is 1.33 bits per heavy atom. The van der Waals surface area contributed by atoms with Crippen LogP contribution in [0.25, 0.3) is 0 Å². The minimum Gasteiger partial charge on any atom is -0.323 e. The highest BCUT2D eigenvalue weighted by atomic mass is 32.2. The summed E-state index contributed by atoms with van der Waals surface area (Å²) in [4.78, 5) is 4.06. The van der Waals surface area contributed by atoms with Gasteiger partial charge in [-0.15, -0.1) is 0 Å². The molecule has 21 heavy (non-hydrogen) atoms. The maximum absolute atomic E-state index is 13.0. The zero-order chi connectivity index (χ0) is 16.0. The third-order valence-electron chi connectivity index (χ3n) is 3.42. The number of nitrogen functional groups attached to an aromatic ring is 1. The highest BCUT2D eigenvalue weighted by Gasteiger charge is 2.32. The molecule has 0 unspecified atom stereocenters. The topological polar surface area (TPSA) is 88.3 Å². The summed E-state index contributed by atoms with van der Waals surface area (Å²) in [5.41, 5.74) is 2.80. The lowest BCUT2D eigenvalue weighted by atomic mass is 10.1. The number of pyridine rings is 1. The van der Waals surface area contributed by atoms with Gasteiger partial charge in [0.05, 0.1) is 5.69 Å². The fourth-order valence-corrected chi connectivity index (χ4v) is 4.37. The van der Waals surface area contributed by atoms with Crippen molar-refractivity contribution in [2.24, 2.45) is 11.8 Å². The molecule has 7 heteroatoms. The van der Waals surface area contributed by atoms with E-state index in [1.54, 1.807) is 10.4 Å². The van der Waals surface area contributed by atoms with Gasteiger partial charge in [0.2, 0.25) is 10.0 Å². The highest BCUT2D eigenvalue weighted by Crippen LogP contribution is 2.27. The lowest BCUT2D eigenvalue weighted by Crippen LogP contribution is -2.42. The van der Waals surface area contributed by atoms with Crippen molar-refractivity contribution in [2.45, 2.75) is 51.5 Å². The third kappa shape index (κ3) is 4.15. The van der Waals surface area contributed by atoms with E-state index in [0.717, 1.165) is 12.8 Å². The molecule has 1 aromatic rings. The van der Waals surface area contributed by atoms with Gasteiger partial charge >= 0.3 is 0 Å². The van der Waals surface area contributed by atoms with Gasteiger partial charge in [-0.05, 0) is 24.8 Å². The minimum atomic E-state index is -3.63. The summed E-state index contributed by atoms with van der Waals surface area (Å²) in [5, 5.41) is 0. The maximum Gasteiger partial charge on any atom is 0.246 e. The average Bonchev–Trinajstić information content (AvgIpc) is 2.47. The van der Waals surface area contributed by atoms with Crippen LogP contribution in [0.15, 0.2) is 23.4 Å². The summed E-state index contributed by atoms with van der Waals surface area (Å²) in [6.07, 6.45) is 4.40. The van der Waals surface area contributed by atoms with E-state index in [1.807, 2.05) is 27.7 Å². The zero-order valence-electron chi connectivity index (χ0n) is 13.2. The van der Waals surface area contributed by atoms with Gasteiger partial charge in [0.1, 0.15) is 4.90 Å². The van der Waals surface area contributed by atoms with Gasteiger partial charge in [0.25, 0.3) is 0 Å².